The van der Waals surface area contributed by atoms with Crippen LogP contribution in [0, 0.1) is 0 Å². The number of benzene rings is 1. The molecule has 0 aliphatic carbocycles. The minimum atomic E-state index is -0.680. The van der Waals surface area contributed by atoms with Crippen molar-refractivity contribution in [2.75, 3.05) is 0 Å². The van der Waals surface area contributed by atoms with E-state index in [-0.39, 0.29) is 5.71 Å². The first kappa shape index (κ1) is 12.0. The van der Waals surface area contributed by atoms with E-state index in [2.05, 4.69) is 11.7 Å². The zero-order valence-electron chi connectivity index (χ0n) is 8.96. The van der Waals surface area contributed by atoms with Crippen LogP contribution in [0.2, 0.25) is 0 Å². The van der Waals surface area contributed by atoms with Gasteiger partial charge in [0.25, 0.3) is 0 Å². The van der Waals surface area contributed by atoms with E-state index in [1.165, 1.54) is 6.08 Å². The fraction of sp³-hybridized carbons (Fsp3) is 0.167. The summed E-state index contributed by atoms with van der Waals surface area (Å²) in [6.45, 7) is 5.16. The second-order valence-electron chi connectivity index (χ2n) is 3.16. The number of hydrogen-bond acceptors (Lipinski definition) is 4. The van der Waals surface area contributed by atoms with Crippen LogP contribution in [0.4, 0.5) is 0 Å². The van der Waals surface area contributed by atoms with Crippen LogP contribution in [-0.2, 0) is 9.53 Å². The Kier molecular flexibility index (Phi) is 4.27. The molecule has 1 atom stereocenters. The van der Waals surface area contributed by atoms with Crippen LogP contribution in [0.25, 0.3) is 0 Å². The van der Waals surface area contributed by atoms with E-state index in [1.807, 2.05) is 0 Å². The Morgan fingerprint density at radius 1 is 1.50 bits per heavy atom. The van der Waals surface area contributed by atoms with Gasteiger partial charge in [0.2, 0.25) is 0 Å². The Morgan fingerprint density at radius 2 is 2.12 bits per heavy atom. The summed E-state index contributed by atoms with van der Waals surface area (Å²) in [7, 11) is 0. The van der Waals surface area contributed by atoms with Crippen LogP contribution in [0.3, 0.4) is 0 Å². The van der Waals surface area contributed by atoms with E-state index in [1.54, 1.807) is 37.3 Å². The largest absolute Gasteiger partial charge is 0.454 e. The summed E-state index contributed by atoms with van der Waals surface area (Å²) in [5, 5.41) is 11.8. The van der Waals surface area contributed by atoms with E-state index in [4.69, 9.17) is 9.94 Å². The molecule has 1 aromatic rings. The van der Waals surface area contributed by atoms with E-state index >= 15 is 0 Å². The average molecular weight is 219 g/mol. The van der Waals surface area contributed by atoms with Gasteiger partial charge in [-0.1, -0.05) is 48.1 Å². The highest BCUT2D eigenvalue weighted by atomic mass is 16.5. The number of carbonyl (C=O) groups is 1. The second-order valence-corrected chi connectivity index (χ2v) is 3.16. The first-order valence-electron chi connectivity index (χ1n) is 4.80. The summed E-state index contributed by atoms with van der Waals surface area (Å²) in [6, 6.07) is 8.61. The first-order valence-corrected chi connectivity index (χ1v) is 4.80. The molecule has 0 aliphatic rings. The molecule has 16 heavy (non-hydrogen) atoms. The molecule has 0 aliphatic heterocycles. The molecule has 0 spiro atoms. The Hall–Kier alpha value is -2.10. The van der Waals surface area contributed by atoms with Gasteiger partial charge < -0.3 is 9.94 Å². The lowest BCUT2D eigenvalue weighted by Gasteiger charge is -2.09. The van der Waals surface area contributed by atoms with Gasteiger partial charge in [0.1, 0.15) is 6.10 Å². The van der Waals surface area contributed by atoms with Gasteiger partial charge in [-0.25, -0.2) is 4.79 Å². The van der Waals surface area contributed by atoms with Crippen LogP contribution < -0.4 is 0 Å². The van der Waals surface area contributed by atoms with Gasteiger partial charge in [0.15, 0.2) is 5.71 Å². The number of rotatable bonds is 4. The smallest absolute Gasteiger partial charge is 0.361 e. The molecule has 0 bridgehead atoms. The molecule has 84 valence electrons. The van der Waals surface area contributed by atoms with Crippen molar-refractivity contribution in [2.24, 2.45) is 5.16 Å². The predicted octanol–water partition coefficient (Wildman–Crippen LogP) is 1.98. The number of oxime groups is 1. The van der Waals surface area contributed by atoms with E-state index in [9.17, 15) is 4.79 Å². The summed E-state index contributed by atoms with van der Waals surface area (Å²) in [5.41, 5.74) is 0.389. The van der Waals surface area contributed by atoms with Crippen molar-refractivity contribution in [1.29, 1.82) is 0 Å². The topological polar surface area (TPSA) is 58.9 Å². The standard InChI is InChI=1S/C12H13NO3/c1-3-9(2)16-12(14)11(13-15)10-7-5-4-6-8-10/h3-9,15H,1H2,2H3/b13-11+. The Balaban J connectivity index is 2.85. The molecule has 1 rings (SSSR count). The quantitative estimate of drug-likeness (QED) is 0.277. The van der Waals surface area contributed by atoms with Gasteiger partial charge in [0.05, 0.1) is 0 Å². The molecule has 0 saturated heterocycles. The molecule has 1 unspecified atom stereocenters. The summed E-state index contributed by atoms with van der Waals surface area (Å²) >= 11 is 0. The maximum absolute atomic E-state index is 11.6. The Morgan fingerprint density at radius 3 is 2.62 bits per heavy atom. The fourth-order valence-electron chi connectivity index (χ4n) is 1.09. The molecule has 0 aromatic heterocycles. The molecule has 0 amide bonds. The monoisotopic (exact) mass is 219 g/mol. The number of hydrogen-bond donors (Lipinski definition) is 1. The van der Waals surface area contributed by atoms with Crippen molar-refractivity contribution in [2.45, 2.75) is 13.0 Å². The normalized spacial score (nSPS) is 12.9. The molecular weight excluding hydrogens is 206 g/mol. The summed E-state index contributed by atoms with van der Waals surface area (Å²) in [5.74, 6) is -0.680. The lowest BCUT2D eigenvalue weighted by molar-refractivity contribution is -0.137. The summed E-state index contributed by atoms with van der Waals surface area (Å²) in [4.78, 5) is 11.6. The van der Waals surface area contributed by atoms with Crippen molar-refractivity contribution < 1.29 is 14.7 Å². The van der Waals surface area contributed by atoms with Gasteiger partial charge in [-0.05, 0) is 6.92 Å². The van der Waals surface area contributed by atoms with Gasteiger partial charge in [0, 0.05) is 5.56 Å². The molecule has 4 heteroatoms. The maximum Gasteiger partial charge on any atom is 0.361 e. The third-order valence-corrected chi connectivity index (χ3v) is 1.97. The number of carbonyl (C=O) groups excluding carboxylic acids is 1. The SMILES string of the molecule is C=CC(C)OC(=O)/C(=N/O)c1ccccc1. The van der Waals surface area contributed by atoms with Crippen molar-refractivity contribution in [3.8, 4) is 0 Å². The summed E-state index contributed by atoms with van der Waals surface area (Å²) in [6.07, 6.45) is 1.06. The van der Waals surface area contributed by atoms with E-state index < -0.39 is 12.1 Å². The highest BCUT2D eigenvalue weighted by Crippen LogP contribution is 2.04. The lowest BCUT2D eigenvalue weighted by Crippen LogP contribution is -2.22. The van der Waals surface area contributed by atoms with Gasteiger partial charge in [-0.2, -0.15) is 0 Å². The molecule has 0 saturated carbocycles. The number of nitrogens with zero attached hydrogens (tertiary/aromatic N) is 1. The number of esters is 1. The molecule has 1 N–H and O–H groups in total. The van der Waals surface area contributed by atoms with Crippen LogP contribution >= 0.6 is 0 Å². The fourth-order valence-corrected chi connectivity index (χ4v) is 1.09. The minimum Gasteiger partial charge on any atom is -0.454 e. The highest BCUT2D eigenvalue weighted by molar-refractivity contribution is 6.43. The van der Waals surface area contributed by atoms with Crippen molar-refractivity contribution in [1.82, 2.24) is 0 Å². The molecule has 4 nitrogen and oxygen atoms in total. The predicted molar refractivity (Wildman–Crippen MR) is 60.5 cm³/mol. The van der Waals surface area contributed by atoms with Crippen molar-refractivity contribution in [3.63, 3.8) is 0 Å². The Bertz CT molecular complexity index is 398. The lowest BCUT2D eigenvalue weighted by atomic mass is 10.1. The minimum absolute atomic E-state index is 0.116. The van der Waals surface area contributed by atoms with Crippen LogP contribution in [0.15, 0.2) is 48.1 Å². The van der Waals surface area contributed by atoms with Gasteiger partial charge >= 0.3 is 5.97 Å². The van der Waals surface area contributed by atoms with Crippen molar-refractivity contribution in [3.05, 3.63) is 48.6 Å². The van der Waals surface area contributed by atoms with Crippen LogP contribution in [-0.4, -0.2) is 23.0 Å². The molecule has 0 fully saturated rings. The average Bonchev–Trinajstić information content (AvgIpc) is 2.31. The third kappa shape index (κ3) is 2.95. The van der Waals surface area contributed by atoms with E-state index in [0.29, 0.717) is 5.56 Å². The number of ether oxygens (including phenoxy) is 1. The first-order chi connectivity index (χ1) is 7.69. The Labute approximate surface area is 93.9 Å². The zero-order valence-corrected chi connectivity index (χ0v) is 8.96. The molecule has 1 aromatic carbocycles. The van der Waals surface area contributed by atoms with Gasteiger partial charge in [-0.3, -0.25) is 0 Å². The third-order valence-electron chi connectivity index (χ3n) is 1.97. The van der Waals surface area contributed by atoms with Crippen LogP contribution in [0.5, 0.6) is 0 Å². The second kappa shape index (κ2) is 5.70. The van der Waals surface area contributed by atoms with E-state index in [0.717, 1.165) is 0 Å². The molecular formula is C12H13NO3. The van der Waals surface area contributed by atoms with Crippen LogP contribution in [0.1, 0.15) is 12.5 Å². The molecule has 0 radical (unpaired) electrons. The molecule has 0 heterocycles. The highest BCUT2D eigenvalue weighted by Gasteiger charge is 2.17. The zero-order chi connectivity index (χ0) is 12.0. The summed E-state index contributed by atoms with van der Waals surface area (Å²) < 4.78 is 4.96. The van der Waals surface area contributed by atoms with Gasteiger partial charge in [-0.15, -0.1) is 0 Å². The van der Waals surface area contributed by atoms with Crippen molar-refractivity contribution >= 4 is 11.7 Å². The maximum atomic E-state index is 11.6.